The zero-order valence-electron chi connectivity index (χ0n) is 14.9. The summed E-state index contributed by atoms with van der Waals surface area (Å²) in [5.41, 5.74) is 4.12. The van der Waals surface area contributed by atoms with Crippen LogP contribution in [0.2, 0.25) is 0 Å². The summed E-state index contributed by atoms with van der Waals surface area (Å²) in [6, 6.07) is 16.0. The summed E-state index contributed by atoms with van der Waals surface area (Å²) in [6.45, 7) is 0. The van der Waals surface area contributed by atoms with Gasteiger partial charge in [-0.2, -0.15) is 0 Å². The van der Waals surface area contributed by atoms with Gasteiger partial charge in [0.2, 0.25) is 11.8 Å². The number of nitrogens with one attached hydrogen (secondary N) is 2. The zero-order valence-corrected chi connectivity index (χ0v) is 16.6. The van der Waals surface area contributed by atoms with Gasteiger partial charge >= 0.3 is 0 Å². The third-order valence-corrected chi connectivity index (χ3v) is 8.00. The van der Waals surface area contributed by atoms with Crippen molar-refractivity contribution < 1.29 is 9.59 Å². The quantitative estimate of drug-likeness (QED) is 0.767. The van der Waals surface area contributed by atoms with E-state index in [1.807, 2.05) is 59.9 Å². The molecule has 2 aliphatic heterocycles. The van der Waals surface area contributed by atoms with Crippen LogP contribution in [0.5, 0.6) is 0 Å². The Morgan fingerprint density at radius 3 is 2.78 bits per heavy atom. The van der Waals surface area contributed by atoms with Gasteiger partial charge in [-0.3, -0.25) is 9.59 Å². The molecule has 0 radical (unpaired) electrons. The Labute approximate surface area is 167 Å². The lowest BCUT2D eigenvalue weighted by molar-refractivity contribution is -0.121. The van der Waals surface area contributed by atoms with E-state index in [0.717, 1.165) is 16.9 Å². The summed E-state index contributed by atoms with van der Waals surface area (Å²) < 4.78 is 0.466. The van der Waals surface area contributed by atoms with Crippen molar-refractivity contribution in [1.82, 2.24) is 0 Å². The first kappa shape index (κ1) is 18.4. The largest absolute Gasteiger partial charge is 0.326 e. The van der Waals surface area contributed by atoms with Gasteiger partial charge in [0.1, 0.15) is 0 Å². The topological polar surface area (TPSA) is 58.2 Å². The van der Waals surface area contributed by atoms with Crippen LogP contribution < -0.4 is 10.6 Å². The molecule has 2 aromatic carbocycles. The van der Waals surface area contributed by atoms with E-state index in [1.54, 1.807) is 0 Å². The minimum atomic E-state index is -0.150. The Balaban J connectivity index is 1.32. The van der Waals surface area contributed by atoms with E-state index in [9.17, 15) is 9.59 Å². The molecule has 0 saturated carbocycles. The molecule has 0 aliphatic carbocycles. The van der Waals surface area contributed by atoms with Crippen molar-refractivity contribution in [2.45, 2.75) is 23.8 Å². The van der Waals surface area contributed by atoms with Gasteiger partial charge in [-0.15, -0.1) is 23.5 Å². The molecule has 2 aliphatic rings. The minimum Gasteiger partial charge on any atom is -0.326 e. The Hall–Kier alpha value is -1.92. The highest BCUT2D eigenvalue weighted by atomic mass is 32.2. The zero-order chi connectivity index (χ0) is 18.6. The smallest absolute Gasteiger partial charge is 0.227 e. The molecule has 4 rings (SSSR count). The number of fused-ring (bicyclic) bond motifs is 1. The van der Waals surface area contributed by atoms with Crippen LogP contribution in [0.3, 0.4) is 0 Å². The van der Waals surface area contributed by atoms with E-state index in [2.05, 4.69) is 22.8 Å². The van der Waals surface area contributed by atoms with E-state index >= 15 is 0 Å². The van der Waals surface area contributed by atoms with Gasteiger partial charge in [-0.05, 0) is 42.2 Å². The third-order valence-electron chi connectivity index (χ3n) is 4.90. The molecule has 0 bridgehead atoms. The summed E-state index contributed by atoms with van der Waals surface area (Å²) in [5.74, 6) is 2.18. The molecule has 1 unspecified atom stereocenters. The van der Waals surface area contributed by atoms with Gasteiger partial charge in [0.25, 0.3) is 0 Å². The van der Waals surface area contributed by atoms with Crippen LogP contribution in [0, 0.1) is 5.92 Å². The Morgan fingerprint density at radius 1 is 1.11 bits per heavy atom. The number of hydrogen-bond acceptors (Lipinski definition) is 4. The SMILES string of the molecule is O=C(CCC1Cc2ccccc2NC1=O)Nc1cccc(C2SCCS2)c1. The van der Waals surface area contributed by atoms with Crippen molar-refractivity contribution >= 4 is 46.7 Å². The summed E-state index contributed by atoms with van der Waals surface area (Å²) in [5, 5.41) is 5.94. The maximum Gasteiger partial charge on any atom is 0.227 e. The molecular weight excluding hydrogens is 376 g/mol. The lowest BCUT2D eigenvalue weighted by atomic mass is 9.89. The highest BCUT2D eigenvalue weighted by Crippen LogP contribution is 2.45. The first-order valence-electron chi connectivity index (χ1n) is 9.21. The van der Waals surface area contributed by atoms with Crippen LogP contribution in [0.25, 0.3) is 0 Å². The highest BCUT2D eigenvalue weighted by molar-refractivity contribution is 8.19. The molecule has 2 amide bonds. The molecule has 2 heterocycles. The van der Waals surface area contributed by atoms with Crippen LogP contribution in [-0.4, -0.2) is 23.3 Å². The number of anilines is 2. The van der Waals surface area contributed by atoms with Crippen molar-refractivity contribution in [3.05, 3.63) is 59.7 Å². The van der Waals surface area contributed by atoms with Crippen LogP contribution in [0.4, 0.5) is 11.4 Å². The molecule has 6 heteroatoms. The standard InChI is InChI=1S/C21H22N2O2S2/c24-19(22-17-6-3-5-16(13-17)21-26-10-11-27-21)9-8-15-12-14-4-1-2-7-18(14)23-20(15)25/h1-7,13,15,21H,8-12H2,(H,22,24)(H,23,25). The fourth-order valence-corrected chi connectivity index (χ4v) is 6.33. The maximum atomic E-state index is 12.4. The van der Waals surface area contributed by atoms with E-state index in [0.29, 0.717) is 23.8 Å². The van der Waals surface area contributed by atoms with Gasteiger partial charge in [0.15, 0.2) is 0 Å². The van der Waals surface area contributed by atoms with Crippen LogP contribution >= 0.6 is 23.5 Å². The molecular formula is C21H22N2O2S2. The summed E-state index contributed by atoms with van der Waals surface area (Å²) in [4.78, 5) is 24.7. The van der Waals surface area contributed by atoms with Gasteiger partial charge in [-0.25, -0.2) is 0 Å². The molecule has 2 N–H and O–H groups in total. The normalized spacial score (nSPS) is 19.4. The van der Waals surface area contributed by atoms with E-state index in [4.69, 9.17) is 0 Å². The van der Waals surface area contributed by atoms with Crippen molar-refractivity contribution in [3.8, 4) is 0 Å². The van der Waals surface area contributed by atoms with E-state index in [-0.39, 0.29) is 17.7 Å². The third kappa shape index (κ3) is 4.50. The Morgan fingerprint density at radius 2 is 1.93 bits per heavy atom. The second-order valence-corrected chi connectivity index (χ2v) is 9.56. The number of carbonyl (C=O) groups excluding carboxylic acids is 2. The number of amides is 2. The minimum absolute atomic E-state index is 0.0128. The molecule has 27 heavy (non-hydrogen) atoms. The number of thioether (sulfide) groups is 2. The number of para-hydroxylation sites is 1. The van der Waals surface area contributed by atoms with Crippen molar-refractivity contribution in [1.29, 1.82) is 0 Å². The van der Waals surface area contributed by atoms with Gasteiger partial charge < -0.3 is 10.6 Å². The Kier molecular flexibility index (Phi) is 5.74. The molecule has 1 atom stereocenters. The summed E-state index contributed by atoms with van der Waals surface area (Å²) >= 11 is 3.91. The monoisotopic (exact) mass is 398 g/mol. The van der Waals surface area contributed by atoms with Gasteiger partial charge in [0.05, 0.1) is 4.58 Å². The fourth-order valence-electron chi connectivity index (χ4n) is 3.49. The first-order chi connectivity index (χ1) is 13.2. The Bertz CT molecular complexity index is 850. The number of rotatable bonds is 5. The van der Waals surface area contributed by atoms with Crippen LogP contribution in [0.15, 0.2) is 48.5 Å². The van der Waals surface area contributed by atoms with Gasteiger partial charge in [-0.1, -0.05) is 30.3 Å². The van der Waals surface area contributed by atoms with Crippen LogP contribution in [-0.2, 0) is 16.0 Å². The average Bonchev–Trinajstić information content (AvgIpc) is 3.21. The second kappa shape index (κ2) is 8.40. The lowest BCUT2D eigenvalue weighted by Gasteiger charge is -2.24. The molecule has 0 spiro atoms. The average molecular weight is 399 g/mol. The molecule has 4 nitrogen and oxygen atoms in total. The molecule has 0 aromatic heterocycles. The van der Waals surface area contributed by atoms with Gasteiger partial charge in [0, 0.05) is 35.2 Å². The number of carbonyl (C=O) groups is 2. The lowest BCUT2D eigenvalue weighted by Crippen LogP contribution is -2.30. The van der Waals surface area contributed by atoms with Crippen molar-refractivity contribution in [2.24, 2.45) is 5.92 Å². The van der Waals surface area contributed by atoms with E-state index < -0.39 is 0 Å². The maximum absolute atomic E-state index is 12.4. The second-order valence-electron chi connectivity index (χ2n) is 6.83. The molecule has 140 valence electrons. The molecule has 1 saturated heterocycles. The highest BCUT2D eigenvalue weighted by Gasteiger charge is 2.26. The van der Waals surface area contributed by atoms with E-state index in [1.165, 1.54) is 17.1 Å². The predicted molar refractivity (Wildman–Crippen MR) is 114 cm³/mol. The number of hydrogen-bond donors (Lipinski definition) is 2. The predicted octanol–water partition coefficient (Wildman–Crippen LogP) is 4.69. The first-order valence-corrected chi connectivity index (χ1v) is 11.3. The summed E-state index contributed by atoms with van der Waals surface area (Å²) in [7, 11) is 0. The molecule has 2 aromatic rings. The van der Waals surface area contributed by atoms with Crippen molar-refractivity contribution in [2.75, 3.05) is 22.1 Å². The van der Waals surface area contributed by atoms with Crippen LogP contribution in [0.1, 0.15) is 28.6 Å². The summed E-state index contributed by atoms with van der Waals surface area (Å²) in [6.07, 6.45) is 1.60. The number of benzene rings is 2. The van der Waals surface area contributed by atoms with Crippen molar-refractivity contribution in [3.63, 3.8) is 0 Å². The fraction of sp³-hybridized carbons (Fsp3) is 0.333. The molecule has 1 fully saturated rings.